The monoisotopic (exact) mass is 417 g/mol. The maximum atomic E-state index is 12.5. The van der Waals surface area contributed by atoms with E-state index in [2.05, 4.69) is 10.4 Å². The van der Waals surface area contributed by atoms with Crippen LogP contribution in [0.5, 0.6) is 0 Å². The van der Waals surface area contributed by atoms with Crippen LogP contribution in [0.2, 0.25) is 0 Å². The average Bonchev–Trinajstić information content (AvgIpc) is 2.96. The number of hydrazone groups is 1. The average molecular weight is 417 g/mol. The van der Waals surface area contributed by atoms with Crippen LogP contribution in [0.4, 0.5) is 5.69 Å². The van der Waals surface area contributed by atoms with Crippen molar-refractivity contribution in [2.24, 2.45) is 11.0 Å². The lowest BCUT2D eigenvalue weighted by Gasteiger charge is -2.12. The first-order chi connectivity index (χ1) is 13.6. The molecule has 1 heterocycles. The number of carbonyl (C=O) groups excluding carboxylic acids is 2. The molecule has 3 N–H and O–H groups in total. The van der Waals surface area contributed by atoms with Crippen molar-refractivity contribution in [3.8, 4) is 0 Å². The van der Waals surface area contributed by atoms with Crippen LogP contribution in [0.1, 0.15) is 27.6 Å². The zero-order chi connectivity index (χ0) is 21.3. The molecule has 29 heavy (non-hydrogen) atoms. The van der Waals surface area contributed by atoms with E-state index in [1.54, 1.807) is 0 Å². The highest BCUT2D eigenvalue weighted by molar-refractivity contribution is 7.86. The molecule has 1 aliphatic rings. The molecule has 3 rings (SSSR count). The van der Waals surface area contributed by atoms with Gasteiger partial charge in [-0.15, -0.1) is 0 Å². The lowest BCUT2D eigenvalue weighted by atomic mass is 10.1. The standard InChI is InChI=1S/C18H15N3O7S/c1-10-15(19-16(22)13-4-2-3-5-14(13)29(26,27)28)20-21(17(10)23)12-8-6-11(7-9-12)18(24)25/h2-10H,1H3,(H,24,25)(H,19,20,22)(H,26,27,28). The van der Waals surface area contributed by atoms with Crippen LogP contribution in [-0.2, 0) is 14.9 Å². The second-order valence-corrected chi connectivity index (χ2v) is 7.52. The van der Waals surface area contributed by atoms with Gasteiger partial charge in [-0.1, -0.05) is 12.1 Å². The number of carboxylic acids is 1. The van der Waals surface area contributed by atoms with Crippen LogP contribution in [-0.4, -0.2) is 41.7 Å². The van der Waals surface area contributed by atoms with E-state index in [-0.39, 0.29) is 17.0 Å². The second-order valence-electron chi connectivity index (χ2n) is 6.13. The van der Waals surface area contributed by atoms with Gasteiger partial charge >= 0.3 is 5.97 Å². The second kappa shape index (κ2) is 7.45. The Morgan fingerprint density at radius 3 is 2.31 bits per heavy atom. The molecule has 2 aromatic carbocycles. The van der Waals surface area contributed by atoms with Crippen molar-refractivity contribution in [3.63, 3.8) is 0 Å². The fourth-order valence-corrected chi connectivity index (χ4v) is 3.36. The van der Waals surface area contributed by atoms with Gasteiger partial charge in [-0.3, -0.25) is 14.1 Å². The van der Waals surface area contributed by atoms with Crippen LogP contribution in [0, 0.1) is 5.92 Å². The Balaban J connectivity index is 1.88. The van der Waals surface area contributed by atoms with Crippen molar-refractivity contribution in [2.75, 3.05) is 5.01 Å². The SMILES string of the molecule is CC1C(=O)N(c2ccc(C(=O)O)cc2)N=C1NC(=O)c1ccccc1S(=O)(=O)O. The van der Waals surface area contributed by atoms with Gasteiger partial charge in [0, 0.05) is 0 Å². The number of aromatic carboxylic acids is 1. The maximum absolute atomic E-state index is 12.5. The summed E-state index contributed by atoms with van der Waals surface area (Å²) in [6.07, 6.45) is 0. The van der Waals surface area contributed by atoms with Crippen LogP contribution in [0.25, 0.3) is 0 Å². The summed E-state index contributed by atoms with van der Waals surface area (Å²) >= 11 is 0. The molecule has 0 saturated carbocycles. The predicted octanol–water partition coefficient (Wildman–Crippen LogP) is 1.36. The van der Waals surface area contributed by atoms with Gasteiger partial charge in [0.2, 0.25) is 0 Å². The molecule has 0 radical (unpaired) electrons. The summed E-state index contributed by atoms with van der Waals surface area (Å²) in [4.78, 5) is 35.4. The van der Waals surface area contributed by atoms with E-state index in [4.69, 9.17) is 5.11 Å². The van der Waals surface area contributed by atoms with Crippen molar-refractivity contribution >= 4 is 39.4 Å². The lowest BCUT2D eigenvalue weighted by Crippen LogP contribution is -2.35. The van der Waals surface area contributed by atoms with E-state index in [0.29, 0.717) is 5.69 Å². The minimum atomic E-state index is -4.63. The predicted molar refractivity (Wildman–Crippen MR) is 101 cm³/mol. The zero-order valence-electron chi connectivity index (χ0n) is 14.9. The van der Waals surface area contributed by atoms with E-state index in [0.717, 1.165) is 11.1 Å². The number of nitrogens with one attached hydrogen (secondary N) is 1. The third-order valence-electron chi connectivity index (χ3n) is 4.21. The molecule has 0 aliphatic carbocycles. The van der Waals surface area contributed by atoms with Crippen LogP contribution >= 0.6 is 0 Å². The third-order valence-corrected chi connectivity index (χ3v) is 5.12. The highest BCUT2D eigenvalue weighted by Crippen LogP contribution is 2.24. The van der Waals surface area contributed by atoms with Crippen molar-refractivity contribution in [1.82, 2.24) is 5.32 Å². The van der Waals surface area contributed by atoms with Crippen LogP contribution in [0.3, 0.4) is 0 Å². The zero-order valence-corrected chi connectivity index (χ0v) is 15.8. The Kier molecular flexibility index (Phi) is 5.18. The molecule has 11 heteroatoms. The first-order valence-electron chi connectivity index (χ1n) is 8.23. The minimum absolute atomic E-state index is 0.0209. The molecule has 0 bridgehead atoms. The van der Waals surface area contributed by atoms with Gasteiger partial charge in [0.15, 0.2) is 0 Å². The summed E-state index contributed by atoms with van der Waals surface area (Å²) in [5.41, 5.74) is 0.0313. The minimum Gasteiger partial charge on any atom is -0.478 e. The number of hydrogen-bond acceptors (Lipinski definition) is 6. The Hall–Kier alpha value is -3.57. The van der Waals surface area contributed by atoms with E-state index in [1.165, 1.54) is 49.4 Å². The number of carboxylic acid groups (broad SMARTS) is 1. The van der Waals surface area contributed by atoms with Gasteiger partial charge in [-0.2, -0.15) is 18.5 Å². The molecular weight excluding hydrogens is 402 g/mol. The normalized spacial score (nSPS) is 16.5. The maximum Gasteiger partial charge on any atom is 0.335 e. The van der Waals surface area contributed by atoms with E-state index in [9.17, 15) is 27.4 Å². The summed E-state index contributed by atoms with van der Waals surface area (Å²) < 4.78 is 32.2. The van der Waals surface area contributed by atoms with Gasteiger partial charge in [0.25, 0.3) is 21.9 Å². The topological polar surface area (TPSA) is 153 Å². The summed E-state index contributed by atoms with van der Waals surface area (Å²) in [5, 5.41) is 16.4. The number of anilines is 1. The summed E-state index contributed by atoms with van der Waals surface area (Å²) in [5.74, 6) is -3.30. The molecule has 0 spiro atoms. The van der Waals surface area contributed by atoms with E-state index < -0.39 is 38.7 Å². The molecule has 2 aromatic rings. The molecular formula is C18H15N3O7S. The molecule has 2 amide bonds. The van der Waals surface area contributed by atoms with Gasteiger partial charge < -0.3 is 10.4 Å². The highest BCUT2D eigenvalue weighted by Gasteiger charge is 2.35. The first-order valence-corrected chi connectivity index (χ1v) is 9.67. The third kappa shape index (κ3) is 4.00. The van der Waals surface area contributed by atoms with Crippen molar-refractivity contribution in [1.29, 1.82) is 0 Å². The number of nitrogens with zero attached hydrogens (tertiary/aromatic N) is 2. The first kappa shape index (κ1) is 20.2. The Bertz CT molecular complexity index is 1140. The summed E-state index contributed by atoms with van der Waals surface area (Å²) in [6.45, 7) is 1.50. The van der Waals surface area contributed by atoms with Gasteiger partial charge in [0.1, 0.15) is 10.7 Å². The lowest BCUT2D eigenvalue weighted by molar-refractivity contribution is -0.119. The molecule has 0 aromatic heterocycles. The fourth-order valence-electron chi connectivity index (χ4n) is 2.67. The molecule has 10 nitrogen and oxygen atoms in total. The fraction of sp³-hybridized carbons (Fsp3) is 0.111. The number of benzene rings is 2. The molecule has 0 saturated heterocycles. The number of rotatable bonds is 4. The molecule has 1 unspecified atom stereocenters. The largest absolute Gasteiger partial charge is 0.478 e. The quantitative estimate of drug-likeness (QED) is 0.635. The van der Waals surface area contributed by atoms with Gasteiger partial charge in [-0.25, -0.2) is 4.79 Å². The Morgan fingerprint density at radius 1 is 1.10 bits per heavy atom. The Labute approximate surface area is 165 Å². The molecule has 0 fully saturated rings. The van der Waals surface area contributed by atoms with Crippen molar-refractivity contribution in [2.45, 2.75) is 11.8 Å². The van der Waals surface area contributed by atoms with Gasteiger partial charge in [0.05, 0.1) is 22.7 Å². The van der Waals surface area contributed by atoms with E-state index >= 15 is 0 Å². The van der Waals surface area contributed by atoms with Crippen molar-refractivity contribution in [3.05, 3.63) is 59.7 Å². The number of carbonyl (C=O) groups is 3. The van der Waals surface area contributed by atoms with Gasteiger partial charge in [-0.05, 0) is 43.3 Å². The van der Waals surface area contributed by atoms with Crippen LogP contribution < -0.4 is 10.3 Å². The summed E-state index contributed by atoms with van der Waals surface area (Å²) in [7, 11) is -4.63. The number of amides is 2. The molecule has 150 valence electrons. The number of amidine groups is 1. The number of hydrogen-bond donors (Lipinski definition) is 3. The highest BCUT2D eigenvalue weighted by atomic mass is 32.2. The Morgan fingerprint density at radius 2 is 1.72 bits per heavy atom. The smallest absolute Gasteiger partial charge is 0.335 e. The molecule has 1 aliphatic heterocycles. The van der Waals surface area contributed by atoms with Crippen LogP contribution in [0.15, 0.2) is 58.5 Å². The summed E-state index contributed by atoms with van der Waals surface area (Å²) in [6, 6.07) is 10.5. The molecule has 1 atom stereocenters. The van der Waals surface area contributed by atoms with E-state index in [1.807, 2.05) is 0 Å². The van der Waals surface area contributed by atoms with Crippen molar-refractivity contribution < 1.29 is 32.5 Å².